The predicted octanol–water partition coefficient (Wildman–Crippen LogP) is 0.104. The fourth-order valence-corrected chi connectivity index (χ4v) is 2.45. The first-order valence-corrected chi connectivity index (χ1v) is 3.67. The van der Waals surface area contributed by atoms with Gasteiger partial charge in [-0.25, -0.2) is 0 Å². The fraction of sp³-hybridized carbons (Fsp3) is 0.857. The highest BCUT2D eigenvalue weighted by atomic mass is 16.6. The molecule has 1 heterocycles. The molecule has 0 spiro atoms. The third-order valence-corrected chi connectivity index (χ3v) is 3.17. The Hall–Kier alpha value is -0.570. The molecule has 3 rings (SSSR count). The molecule has 5 unspecified atom stereocenters. The van der Waals surface area contributed by atoms with E-state index in [2.05, 4.69) is 0 Å². The average Bonchev–Trinajstić information content (AvgIpc) is 2.41. The Bertz CT molecular complexity index is 213. The standard InChI is InChI=1S/C7H8O3/c8-7(9)3-1-2-4(3)6-5(2)10-6/h2-6H,1H2,(H,8,9). The van der Waals surface area contributed by atoms with E-state index in [9.17, 15) is 4.79 Å². The third kappa shape index (κ3) is 0.355. The Morgan fingerprint density at radius 3 is 2.90 bits per heavy atom. The van der Waals surface area contributed by atoms with Crippen LogP contribution < -0.4 is 0 Å². The predicted molar refractivity (Wildman–Crippen MR) is 31.4 cm³/mol. The number of carbonyl (C=O) groups is 1. The van der Waals surface area contributed by atoms with Gasteiger partial charge in [0.05, 0.1) is 18.1 Å². The van der Waals surface area contributed by atoms with Gasteiger partial charge in [0.15, 0.2) is 0 Å². The summed E-state index contributed by atoms with van der Waals surface area (Å²) in [4.78, 5) is 10.5. The van der Waals surface area contributed by atoms with Gasteiger partial charge in [-0.1, -0.05) is 0 Å². The van der Waals surface area contributed by atoms with E-state index < -0.39 is 5.97 Å². The highest BCUT2D eigenvalue weighted by Crippen LogP contribution is 2.65. The molecule has 2 aliphatic carbocycles. The van der Waals surface area contributed by atoms with E-state index in [1.807, 2.05) is 0 Å². The van der Waals surface area contributed by atoms with E-state index >= 15 is 0 Å². The summed E-state index contributed by atoms with van der Waals surface area (Å²) in [5.41, 5.74) is 0. The second kappa shape index (κ2) is 1.23. The number of ether oxygens (including phenoxy) is 1. The molecule has 3 nitrogen and oxygen atoms in total. The monoisotopic (exact) mass is 140 g/mol. The Labute approximate surface area is 58.0 Å². The molecule has 3 heteroatoms. The lowest BCUT2D eigenvalue weighted by molar-refractivity contribution is -0.154. The third-order valence-electron chi connectivity index (χ3n) is 3.17. The van der Waals surface area contributed by atoms with Crippen LogP contribution in [-0.2, 0) is 9.53 Å². The van der Waals surface area contributed by atoms with Crippen molar-refractivity contribution in [3.05, 3.63) is 0 Å². The van der Waals surface area contributed by atoms with Gasteiger partial charge in [-0.2, -0.15) is 0 Å². The van der Waals surface area contributed by atoms with Gasteiger partial charge in [-0.3, -0.25) is 4.79 Å². The molecule has 0 aromatic rings. The Morgan fingerprint density at radius 2 is 2.30 bits per heavy atom. The van der Waals surface area contributed by atoms with E-state index in [1.54, 1.807) is 0 Å². The van der Waals surface area contributed by atoms with Crippen LogP contribution in [0.5, 0.6) is 0 Å². The SMILES string of the molecule is O=C(O)C1CC2C3OC3C12. The first-order valence-electron chi connectivity index (χ1n) is 3.67. The molecule has 2 saturated carbocycles. The Balaban J connectivity index is 1.78. The zero-order chi connectivity index (χ0) is 6.88. The van der Waals surface area contributed by atoms with Gasteiger partial charge in [0.1, 0.15) is 0 Å². The number of aliphatic carboxylic acids is 1. The van der Waals surface area contributed by atoms with Crippen molar-refractivity contribution in [1.29, 1.82) is 0 Å². The Kier molecular flexibility index (Phi) is 0.632. The number of hydrogen-bond donors (Lipinski definition) is 1. The number of carboxylic acids is 1. The summed E-state index contributed by atoms with van der Waals surface area (Å²) in [6, 6.07) is 0. The minimum absolute atomic E-state index is 0.0752. The van der Waals surface area contributed by atoms with Gasteiger partial charge in [0, 0.05) is 5.92 Å². The molecule has 54 valence electrons. The Morgan fingerprint density at radius 1 is 1.50 bits per heavy atom. The molecule has 1 aliphatic heterocycles. The minimum Gasteiger partial charge on any atom is -0.481 e. The van der Waals surface area contributed by atoms with E-state index in [0.717, 1.165) is 6.42 Å². The highest BCUT2D eigenvalue weighted by molar-refractivity contribution is 5.72. The number of carboxylic acid groups (broad SMARTS) is 1. The summed E-state index contributed by atoms with van der Waals surface area (Å²) in [6.07, 6.45) is 1.68. The minimum atomic E-state index is -0.629. The maximum atomic E-state index is 10.5. The summed E-state index contributed by atoms with van der Waals surface area (Å²) in [6.45, 7) is 0. The summed E-state index contributed by atoms with van der Waals surface area (Å²) in [7, 11) is 0. The molecule has 1 saturated heterocycles. The van der Waals surface area contributed by atoms with Crippen molar-refractivity contribution in [1.82, 2.24) is 0 Å². The maximum Gasteiger partial charge on any atom is 0.306 e. The molecular weight excluding hydrogens is 132 g/mol. The van der Waals surface area contributed by atoms with Crippen LogP contribution in [-0.4, -0.2) is 23.3 Å². The van der Waals surface area contributed by atoms with Crippen LogP contribution in [0.15, 0.2) is 0 Å². The quantitative estimate of drug-likeness (QED) is 0.526. The first-order chi connectivity index (χ1) is 4.79. The highest BCUT2D eigenvalue weighted by Gasteiger charge is 2.73. The van der Waals surface area contributed by atoms with Crippen molar-refractivity contribution >= 4 is 5.97 Å². The lowest BCUT2D eigenvalue weighted by Gasteiger charge is -2.46. The number of rotatable bonds is 1. The number of hydrogen-bond acceptors (Lipinski definition) is 2. The van der Waals surface area contributed by atoms with Crippen molar-refractivity contribution in [3.63, 3.8) is 0 Å². The summed E-state index contributed by atoms with van der Waals surface area (Å²) in [5.74, 6) is 0.303. The largest absolute Gasteiger partial charge is 0.481 e. The molecule has 3 aliphatic rings. The summed E-state index contributed by atoms with van der Waals surface area (Å²) in [5, 5.41) is 8.64. The molecule has 5 atom stereocenters. The fourth-order valence-electron chi connectivity index (χ4n) is 2.45. The number of epoxide rings is 1. The van der Waals surface area contributed by atoms with Crippen molar-refractivity contribution in [3.8, 4) is 0 Å². The van der Waals surface area contributed by atoms with Crippen LogP contribution in [0.4, 0.5) is 0 Å². The summed E-state index contributed by atoms with van der Waals surface area (Å²) < 4.78 is 5.23. The van der Waals surface area contributed by atoms with Crippen LogP contribution in [0.1, 0.15) is 6.42 Å². The molecule has 0 aromatic carbocycles. The first kappa shape index (κ1) is 5.13. The zero-order valence-corrected chi connectivity index (χ0v) is 5.36. The second-order valence-corrected chi connectivity index (χ2v) is 3.49. The van der Waals surface area contributed by atoms with Crippen LogP contribution in [0.25, 0.3) is 0 Å². The van der Waals surface area contributed by atoms with Crippen LogP contribution in [0, 0.1) is 17.8 Å². The zero-order valence-electron chi connectivity index (χ0n) is 5.36. The van der Waals surface area contributed by atoms with E-state index in [4.69, 9.17) is 9.84 Å². The van der Waals surface area contributed by atoms with Crippen LogP contribution >= 0.6 is 0 Å². The van der Waals surface area contributed by atoms with Gasteiger partial charge in [0.2, 0.25) is 0 Å². The molecular formula is C7H8O3. The maximum absolute atomic E-state index is 10.5. The molecule has 0 aromatic heterocycles. The average molecular weight is 140 g/mol. The van der Waals surface area contributed by atoms with E-state index in [-0.39, 0.29) is 5.92 Å². The van der Waals surface area contributed by atoms with Crippen molar-refractivity contribution in [2.45, 2.75) is 18.6 Å². The molecule has 0 bridgehead atoms. The van der Waals surface area contributed by atoms with Crippen molar-refractivity contribution in [2.24, 2.45) is 17.8 Å². The van der Waals surface area contributed by atoms with Crippen molar-refractivity contribution in [2.75, 3.05) is 0 Å². The number of fused-ring (bicyclic) bond motifs is 4. The lowest BCUT2D eigenvalue weighted by Crippen LogP contribution is -2.54. The normalized spacial score (nSPS) is 61.0. The van der Waals surface area contributed by atoms with E-state index in [0.29, 0.717) is 24.0 Å². The van der Waals surface area contributed by atoms with Gasteiger partial charge < -0.3 is 9.84 Å². The van der Waals surface area contributed by atoms with Crippen LogP contribution in [0.3, 0.4) is 0 Å². The molecule has 3 fully saturated rings. The second-order valence-electron chi connectivity index (χ2n) is 3.49. The van der Waals surface area contributed by atoms with Crippen LogP contribution in [0.2, 0.25) is 0 Å². The smallest absolute Gasteiger partial charge is 0.306 e. The summed E-state index contributed by atoms with van der Waals surface area (Å²) >= 11 is 0. The van der Waals surface area contributed by atoms with Gasteiger partial charge in [0.25, 0.3) is 0 Å². The molecule has 10 heavy (non-hydrogen) atoms. The van der Waals surface area contributed by atoms with E-state index in [1.165, 1.54) is 0 Å². The molecule has 1 N–H and O–H groups in total. The lowest BCUT2D eigenvalue weighted by atomic mass is 9.53. The van der Waals surface area contributed by atoms with Gasteiger partial charge >= 0.3 is 5.97 Å². The molecule has 0 radical (unpaired) electrons. The van der Waals surface area contributed by atoms with Gasteiger partial charge in [-0.15, -0.1) is 0 Å². The molecule has 0 amide bonds. The van der Waals surface area contributed by atoms with Gasteiger partial charge in [-0.05, 0) is 12.3 Å². The topological polar surface area (TPSA) is 49.8 Å². The van der Waals surface area contributed by atoms with Crippen molar-refractivity contribution < 1.29 is 14.6 Å².